The molecule has 4 rings (SSSR count). The van der Waals surface area contributed by atoms with Gasteiger partial charge >= 0.3 is 11.9 Å². The van der Waals surface area contributed by atoms with Gasteiger partial charge in [-0.3, -0.25) is 19.1 Å². The lowest BCUT2D eigenvalue weighted by atomic mass is 10.0. The summed E-state index contributed by atoms with van der Waals surface area (Å²) in [4.78, 5) is 42.7. The molecule has 10 nitrogen and oxygen atoms in total. The number of H-pyrrole nitrogens is 1. The maximum absolute atomic E-state index is 14.3. The van der Waals surface area contributed by atoms with Gasteiger partial charge in [0.25, 0.3) is 5.56 Å². The van der Waals surface area contributed by atoms with E-state index in [4.69, 9.17) is 28.9 Å². The summed E-state index contributed by atoms with van der Waals surface area (Å²) in [5, 5.41) is 1.98. The Labute approximate surface area is 254 Å². The molecule has 1 amide bonds. The van der Waals surface area contributed by atoms with E-state index in [2.05, 4.69) is 10.3 Å². The number of hydrogen-bond acceptors (Lipinski definition) is 7. The number of likely N-dealkylation sites (tertiary alicyclic amines) is 1. The Kier molecular flexibility index (Phi) is 9.12. The van der Waals surface area contributed by atoms with Gasteiger partial charge in [0.05, 0.1) is 44.2 Å². The zero-order valence-corrected chi connectivity index (χ0v) is 25.8. The summed E-state index contributed by atoms with van der Waals surface area (Å²) in [6.45, 7) is 4.23. The van der Waals surface area contributed by atoms with Crippen molar-refractivity contribution in [2.24, 2.45) is 5.73 Å². The number of aromatic nitrogens is 2. The lowest BCUT2D eigenvalue weighted by Gasteiger charge is -2.23. The van der Waals surface area contributed by atoms with Crippen molar-refractivity contribution in [3.8, 4) is 0 Å². The molecule has 1 aliphatic rings. The van der Waals surface area contributed by atoms with Gasteiger partial charge in [-0.1, -0.05) is 30.1 Å². The van der Waals surface area contributed by atoms with Crippen LogP contribution in [0, 0.1) is 0 Å². The second-order valence-corrected chi connectivity index (χ2v) is 14.1. The molecular formula is C27H30Cl2F3N5O5S. The molecule has 2 heterocycles. The average molecular weight is 665 g/mol. The van der Waals surface area contributed by atoms with Gasteiger partial charge in [0.2, 0.25) is 5.91 Å². The van der Waals surface area contributed by atoms with Crippen LogP contribution < -0.4 is 22.3 Å². The van der Waals surface area contributed by atoms with E-state index in [-0.39, 0.29) is 51.4 Å². The molecule has 16 heteroatoms. The van der Waals surface area contributed by atoms with E-state index in [0.717, 1.165) is 0 Å². The maximum Gasteiger partial charge on any atom is 0.416 e. The van der Waals surface area contributed by atoms with Crippen LogP contribution in [0.25, 0.3) is 10.9 Å². The monoisotopic (exact) mass is 663 g/mol. The number of alkyl halides is 3. The van der Waals surface area contributed by atoms with Crippen molar-refractivity contribution in [3.05, 3.63) is 71.8 Å². The van der Waals surface area contributed by atoms with Crippen LogP contribution >= 0.6 is 23.2 Å². The smallest absolute Gasteiger partial charge is 0.350 e. The van der Waals surface area contributed by atoms with E-state index in [1.807, 2.05) is 0 Å². The van der Waals surface area contributed by atoms with Crippen LogP contribution in [0.2, 0.25) is 10.0 Å². The van der Waals surface area contributed by atoms with Gasteiger partial charge in [-0.25, -0.2) is 13.2 Å². The van der Waals surface area contributed by atoms with E-state index >= 15 is 0 Å². The van der Waals surface area contributed by atoms with Gasteiger partial charge in [-0.2, -0.15) is 13.2 Å². The predicted octanol–water partition coefficient (Wildman–Crippen LogP) is 3.29. The molecule has 1 atom stereocenters. The number of carbonyl (C=O) groups is 1. The fraction of sp³-hybridized carbons (Fsp3) is 0.444. The first-order valence-corrected chi connectivity index (χ1v) is 15.6. The Balaban J connectivity index is 1.77. The molecule has 1 aliphatic heterocycles. The quantitative estimate of drug-likeness (QED) is 0.335. The van der Waals surface area contributed by atoms with Crippen LogP contribution in [0.4, 0.5) is 13.2 Å². The number of carbonyl (C=O) groups excluding carboxylic acids is 1. The summed E-state index contributed by atoms with van der Waals surface area (Å²) in [6.07, 6.45) is -4.44. The summed E-state index contributed by atoms with van der Waals surface area (Å²) in [5.41, 5.74) is 0.836. The minimum Gasteiger partial charge on any atom is -0.350 e. The molecule has 43 heavy (non-hydrogen) atoms. The SMILES string of the molecule is CCS(=O)(=O)c1ccc(Cl)cc1Cn1c(=O)[nH]c2c(Cl)c(CN3CCC(NC(=O)C(C)(C)N)C3)c(C(F)(F)F)cc2c1=O. The third-order valence-electron chi connectivity index (χ3n) is 7.27. The van der Waals surface area contributed by atoms with Crippen molar-refractivity contribution < 1.29 is 26.4 Å². The number of amides is 1. The highest BCUT2D eigenvalue weighted by Gasteiger charge is 2.37. The number of hydrogen-bond donors (Lipinski definition) is 3. The van der Waals surface area contributed by atoms with Gasteiger partial charge in [0.15, 0.2) is 9.84 Å². The van der Waals surface area contributed by atoms with Gasteiger partial charge in [0, 0.05) is 30.7 Å². The maximum atomic E-state index is 14.3. The highest BCUT2D eigenvalue weighted by Crippen LogP contribution is 2.39. The number of nitrogens with zero attached hydrogens (tertiary/aromatic N) is 2. The van der Waals surface area contributed by atoms with Crippen molar-refractivity contribution in [2.45, 2.75) is 62.9 Å². The predicted molar refractivity (Wildman–Crippen MR) is 157 cm³/mol. The molecule has 0 spiro atoms. The molecule has 0 radical (unpaired) electrons. The summed E-state index contributed by atoms with van der Waals surface area (Å²) in [7, 11) is -3.79. The zero-order valence-electron chi connectivity index (χ0n) is 23.4. The van der Waals surface area contributed by atoms with Crippen molar-refractivity contribution in [2.75, 3.05) is 18.8 Å². The highest BCUT2D eigenvalue weighted by molar-refractivity contribution is 7.91. The van der Waals surface area contributed by atoms with Crippen LogP contribution in [0.1, 0.15) is 43.9 Å². The molecule has 1 fully saturated rings. The van der Waals surface area contributed by atoms with Crippen LogP contribution in [0.5, 0.6) is 0 Å². The average Bonchev–Trinajstić information content (AvgIpc) is 3.33. The van der Waals surface area contributed by atoms with Gasteiger partial charge < -0.3 is 16.0 Å². The van der Waals surface area contributed by atoms with Crippen LogP contribution in [0.3, 0.4) is 0 Å². The van der Waals surface area contributed by atoms with E-state index in [9.17, 15) is 36.0 Å². The normalized spacial score (nSPS) is 16.6. The lowest BCUT2D eigenvalue weighted by molar-refractivity contribution is -0.138. The fourth-order valence-corrected chi connectivity index (χ4v) is 6.55. The lowest BCUT2D eigenvalue weighted by Crippen LogP contribution is -2.52. The number of rotatable bonds is 8. The third-order valence-corrected chi connectivity index (χ3v) is 9.75. The van der Waals surface area contributed by atoms with Gasteiger partial charge in [0.1, 0.15) is 0 Å². The summed E-state index contributed by atoms with van der Waals surface area (Å²) in [6, 6.07) is 4.15. The number of benzene rings is 2. The Morgan fingerprint density at radius 3 is 2.44 bits per heavy atom. The zero-order chi connectivity index (χ0) is 32.1. The first kappa shape index (κ1) is 33.0. The largest absolute Gasteiger partial charge is 0.416 e. The molecule has 3 aromatic rings. The molecular weight excluding hydrogens is 634 g/mol. The van der Waals surface area contributed by atoms with E-state index in [0.29, 0.717) is 23.6 Å². The number of fused-ring (bicyclic) bond motifs is 1. The molecule has 1 saturated heterocycles. The minimum atomic E-state index is -4.91. The molecule has 234 valence electrons. The van der Waals surface area contributed by atoms with Crippen LogP contribution in [-0.4, -0.2) is 59.2 Å². The van der Waals surface area contributed by atoms with Gasteiger partial charge in [-0.05, 0) is 55.7 Å². The van der Waals surface area contributed by atoms with Gasteiger partial charge in [-0.15, -0.1) is 0 Å². The second kappa shape index (κ2) is 11.9. The standard InChI is InChI=1S/C27H30Cl2F3N5O5S/c1-4-43(41,42)20-6-5-15(28)9-14(20)11-37-23(38)17-10-19(27(30,31)32)18(21(29)22(17)35-25(37)40)13-36-8-7-16(12-36)34-24(39)26(2,3)33/h5-6,9-10,16H,4,7-8,11-13,33H2,1-3H3,(H,34,39)(H,35,40). The third kappa shape index (κ3) is 6.93. The Morgan fingerprint density at radius 1 is 1.16 bits per heavy atom. The first-order chi connectivity index (χ1) is 19.8. The Morgan fingerprint density at radius 2 is 1.84 bits per heavy atom. The van der Waals surface area contributed by atoms with E-state index in [1.54, 1.807) is 4.90 Å². The summed E-state index contributed by atoms with van der Waals surface area (Å²) >= 11 is 12.5. The topological polar surface area (TPSA) is 147 Å². The molecule has 2 aromatic carbocycles. The number of aromatic amines is 1. The molecule has 0 bridgehead atoms. The molecule has 4 N–H and O–H groups in total. The van der Waals surface area contributed by atoms with Crippen molar-refractivity contribution in [3.63, 3.8) is 0 Å². The van der Waals surface area contributed by atoms with Crippen LogP contribution in [0.15, 0.2) is 38.8 Å². The van der Waals surface area contributed by atoms with Crippen molar-refractivity contribution in [1.29, 1.82) is 0 Å². The van der Waals surface area contributed by atoms with Crippen LogP contribution in [-0.2, 0) is 33.9 Å². The minimum absolute atomic E-state index is 0.0220. The van der Waals surface area contributed by atoms with Crippen molar-refractivity contribution in [1.82, 2.24) is 19.8 Å². The first-order valence-electron chi connectivity index (χ1n) is 13.2. The number of nitrogens with two attached hydrogens (primary N) is 1. The Bertz CT molecular complexity index is 1820. The Hall–Kier alpha value is -2.91. The molecule has 1 unspecified atom stereocenters. The summed E-state index contributed by atoms with van der Waals surface area (Å²) < 4.78 is 68.8. The summed E-state index contributed by atoms with van der Waals surface area (Å²) in [5.74, 6) is -0.669. The second-order valence-electron chi connectivity index (χ2n) is 11.0. The number of halogens is 5. The molecule has 0 saturated carbocycles. The van der Waals surface area contributed by atoms with E-state index in [1.165, 1.54) is 39.0 Å². The van der Waals surface area contributed by atoms with E-state index < -0.39 is 61.2 Å². The van der Waals surface area contributed by atoms with Crippen molar-refractivity contribution >= 4 is 49.8 Å². The highest BCUT2D eigenvalue weighted by atomic mass is 35.5. The number of nitrogens with one attached hydrogen (secondary N) is 2. The molecule has 0 aliphatic carbocycles. The fourth-order valence-electron chi connectivity index (χ4n) is 4.93. The number of sulfone groups is 1. The molecule has 1 aromatic heterocycles.